The Hall–Kier alpha value is -0.940. The second-order valence-corrected chi connectivity index (χ2v) is 5.57. The van der Waals surface area contributed by atoms with Gasteiger partial charge in [0.1, 0.15) is 6.10 Å². The minimum absolute atomic E-state index is 0.130. The van der Waals surface area contributed by atoms with E-state index in [0.717, 1.165) is 25.7 Å². The van der Waals surface area contributed by atoms with Crippen LogP contribution in [0.15, 0.2) is 4.52 Å². The zero-order valence-corrected chi connectivity index (χ0v) is 11.5. The summed E-state index contributed by atoms with van der Waals surface area (Å²) in [7, 11) is 1.67. The molecule has 1 fully saturated rings. The fraction of sp³-hybridized carbons (Fsp3) is 0.846. The van der Waals surface area contributed by atoms with Gasteiger partial charge in [0, 0.05) is 7.11 Å². The van der Waals surface area contributed by atoms with Crippen molar-refractivity contribution in [1.29, 1.82) is 0 Å². The normalized spacial score (nSPS) is 21.2. The average molecular weight is 253 g/mol. The van der Waals surface area contributed by atoms with Crippen LogP contribution in [0.25, 0.3) is 0 Å². The minimum Gasteiger partial charge on any atom is -0.373 e. The van der Waals surface area contributed by atoms with E-state index in [1.165, 1.54) is 6.42 Å². The van der Waals surface area contributed by atoms with Crippen molar-refractivity contribution in [2.45, 2.75) is 57.6 Å². The summed E-state index contributed by atoms with van der Waals surface area (Å²) in [6.45, 7) is 4.14. The van der Waals surface area contributed by atoms with Crippen molar-refractivity contribution in [3.05, 3.63) is 11.7 Å². The Labute approximate surface area is 108 Å². The van der Waals surface area contributed by atoms with Gasteiger partial charge >= 0.3 is 0 Å². The van der Waals surface area contributed by atoms with Gasteiger partial charge in [0.15, 0.2) is 0 Å². The van der Waals surface area contributed by atoms with Gasteiger partial charge in [-0.3, -0.25) is 0 Å². The maximum absolute atomic E-state index is 6.37. The van der Waals surface area contributed by atoms with E-state index < -0.39 is 5.54 Å². The van der Waals surface area contributed by atoms with E-state index in [2.05, 4.69) is 24.0 Å². The van der Waals surface area contributed by atoms with Crippen molar-refractivity contribution in [2.75, 3.05) is 7.11 Å². The average Bonchev–Trinajstić information content (AvgIpc) is 2.80. The van der Waals surface area contributed by atoms with E-state index >= 15 is 0 Å². The molecule has 0 aromatic carbocycles. The standard InChI is InChI=1S/C13H23N3O2/c1-9(2)10(17-3)11-15-12(18-16-11)13(14)7-5-4-6-8-13/h9-10H,4-8,14H2,1-3H3. The van der Waals surface area contributed by atoms with Crippen LogP contribution in [0.5, 0.6) is 0 Å². The fourth-order valence-electron chi connectivity index (χ4n) is 2.62. The Morgan fingerprint density at radius 3 is 2.50 bits per heavy atom. The van der Waals surface area contributed by atoms with Gasteiger partial charge in [-0.05, 0) is 18.8 Å². The first-order valence-corrected chi connectivity index (χ1v) is 6.72. The summed E-state index contributed by atoms with van der Waals surface area (Å²) in [5.41, 5.74) is 5.94. The van der Waals surface area contributed by atoms with Crippen LogP contribution in [0.1, 0.15) is 63.8 Å². The quantitative estimate of drug-likeness (QED) is 0.892. The van der Waals surface area contributed by atoms with E-state index in [4.69, 9.17) is 15.0 Å². The number of hydrogen-bond donors (Lipinski definition) is 1. The summed E-state index contributed by atoms with van der Waals surface area (Å²) in [6.07, 6.45) is 5.22. The molecule has 0 spiro atoms. The molecule has 1 saturated carbocycles. The molecule has 1 aromatic heterocycles. The molecule has 0 amide bonds. The monoisotopic (exact) mass is 253 g/mol. The largest absolute Gasteiger partial charge is 0.373 e. The molecular formula is C13H23N3O2. The van der Waals surface area contributed by atoms with Gasteiger partial charge < -0.3 is 15.0 Å². The first-order valence-electron chi connectivity index (χ1n) is 6.72. The Bertz CT molecular complexity index is 383. The first kappa shape index (κ1) is 13.5. The molecule has 2 N–H and O–H groups in total. The van der Waals surface area contributed by atoms with Crippen molar-refractivity contribution in [3.8, 4) is 0 Å². The van der Waals surface area contributed by atoms with E-state index in [1.54, 1.807) is 7.11 Å². The molecule has 1 atom stereocenters. The number of hydrogen-bond acceptors (Lipinski definition) is 5. The van der Waals surface area contributed by atoms with E-state index in [-0.39, 0.29) is 6.10 Å². The molecule has 102 valence electrons. The Morgan fingerprint density at radius 2 is 1.94 bits per heavy atom. The molecule has 1 aromatic rings. The number of rotatable bonds is 4. The Kier molecular flexibility index (Phi) is 4.02. The highest BCUT2D eigenvalue weighted by Crippen LogP contribution is 2.34. The van der Waals surface area contributed by atoms with Gasteiger partial charge in [-0.15, -0.1) is 0 Å². The third-order valence-corrected chi connectivity index (χ3v) is 3.73. The van der Waals surface area contributed by atoms with E-state index in [1.807, 2.05) is 0 Å². The Balaban J connectivity index is 2.19. The third kappa shape index (κ3) is 2.57. The molecule has 5 nitrogen and oxygen atoms in total. The summed E-state index contributed by atoms with van der Waals surface area (Å²) >= 11 is 0. The van der Waals surface area contributed by atoms with Crippen molar-refractivity contribution in [3.63, 3.8) is 0 Å². The molecule has 0 aliphatic heterocycles. The lowest BCUT2D eigenvalue weighted by molar-refractivity contribution is 0.0555. The van der Waals surface area contributed by atoms with Crippen LogP contribution in [0.3, 0.4) is 0 Å². The molecule has 5 heteroatoms. The van der Waals surface area contributed by atoms with E-state index in [9.17, 15) is 0 Å². The van der Waals surface area contributed by atoms with E-state index in [0.29, 0.717) is 17.6 Å². The first-order chi connectivity index (χ1) is 8.57. The summed E-state index contributed by atoms with van der Waals surface area (Å²) in [5, 5.41) is 4.04. The summed E-state index contributed by atoms with van der Waals surface area (Å²) in [4.78, 5) is 4.47. The predicted molar refractivity (Wildman–Crippen MR) is 67.8 cm³/mol. The SMILES string of the molecule is COC(c1noc(C2(N)CCCCC2)n1)C(C)C. The van der Waals surface area contributed by atoms with Crippen LogP contribution in [-0.2, 0) is 10.3 Å². The lowest BCUT2D eigenvalue weighted by Gasteiger charge is -2.29. The van der Waals surface area contributed by atoms with Crippen LogP contribution in [0, 0.1) is 5.92 Å². The third-order valence-electron chi connectivity index (χ3n) is 3.73. The molecule has 1 unspecified atom stereocenters. The maximum Gasteiger partial charge on any atom is 0.246 e. The molecular weight excluding hydrogens is 230 g/mol. The zero-order valence-electron chi connectivity index (χ0n) is 11.5. The van der Waals surface area contributed by atoms with Crippen molar-refractivity contribution in [2.24, 2.45) is 11.7 Å². The number of aromatic nitrogens is 2. The van der Waals surface area contributed by atoms with Gasteiger partial charge in [-0.25, -0.2) is 0 Å². The highest BCUT2D eigenvalue weighted by atomic mass is 16.5. The molecule has 0 saturated heterocycles. The predicted octanol–water partition coefficient (Wildman–Crippen LogP) is 2.53. The highest BCUT2D eigenvalue weighted by Gasteiger charge is 2.36. The van der Waals surface area contributed by atoms with Gasteiger partial charge in [-0.2, -0.15) is 4.98 Å². The van der Waals surface area contributed by atoms with Crippen LogP contribution in [0.2, 0.25) is 0 Å². The number of ether oxygens (including phenoxy) is 1. The molecule has 2 rings (SSSR count). The Morgan fingerprint density at radius 1 is 1.28 bits per heavy atom. The number of nitrogens with two attached hydrogens (primary N) is 1. The smallest absolute Gasteiger partial charge is 0.246 e. The topological polar surface area (TPSA) is 74.2 Å². The lowest BCUT2D eigenvalue weighted by Crippen LogP contribution is -2.39. The number of nitrogens with zero attached hydrogens (tertiary/aromatic N) is 2. The number of methoxy groups -OCH3 is 1. The molecule has 1 aliphatic carbocycles. The molecule has 1 heterocycles. The van der Waals surface area contributed by atoms with Gasteiger partial charge in [0.05, 0.1) is 5.54 Å². The van der Waals surface area contributed by atoms with Crippen LogP contribution < -0.4 is 5.73 Å². The highest BCUT2D eigenvalue weighted by molar-refractivity contribution is 5.05. The molecule has 0 radical (unpaired) electrons. The summed E-state index contributed by atoms with van der Waals surface area (Å²) < 4.78 is 10.8. The van der Waals surface area contributed by atoms with Gasteiger partial charge in [-0.1, -0.05) is 38.3 Å². The minimum atomic E-state index is -0.432. The second kappa shape index (κ2) is 5.36. The van der Waals surface area contributed by atoms with Gasteiger partial charge in [0.2, 0.25) is 11.7 Å². The van der Waals surface area contributed by atoms with Gasteiger partial charge in [0.25, 0.3) is 0 Å². The van der Waals surface area contributed by atoms with Crippen LogP contribution in [-0.4, -0.2) is 17.3 Å². The van der Waals surface area contributed by atoms with Crippen LogP contribution in [0.4, 0.5) is 0 Å². The van der Waals surface area contributed by atoms with Crippen molar-refractivity contribution >= 4 is 0 Å². The van der Waals surface area contributed by atoms with Crippen molar-refractivity contribution in [1.82, 2.24) is 10.1 Å². The maximum atomic E-state index is 6.37. The van der Waals surface area contributed by atoms with Crippen molar-refractivity contribution < 1.29 is 9.26 Å². The second-order valence-electron chi connectivity index (χ2n) is 5.57. The lowest BCUT2D eigenvalue weighted by atomic mass is 9.82. The summed E-state index contributed by atoms with van der Waals surface area (Å²) in [6, 6.07) is 0. The zero-order chi connectivity index (χ0) is 13.2. The molecule has 18 heavy (non-hydrogen) atoms. The summed E-state index contributed by atoms with van der Waals surface area (Å²) in [5.74, 6) is 1.48. The molecule has 1 aliphatic rings. The van der Waals surface area contributed by atoms with Crippen LogP contribution >= 0.6 is 0 Å². The fourth-order valence-corrected chi connectivity index (χ4v) is 2.62. The molecule has 0 bridgehead atoms.